The maximum Gasteiger partial charge on any atom is 0.257 e. The summed E-state index contributed by atoms with van der Waals surface area (Å²) in [6.07, 6.45) is 3.23. The van der Waals surface area contributed by atoms with Gasteiger partial charge in [-0.1, -0.05) is 30.3 Å². The molecular formula is C20H24N2O3S. The predicted octanol–water partition coefficient (Wildman–Crippen LogP) is 3.93. The molecule has 1 saturated heterocycles. The van der Waals surface area contributed by atoms with Crippen LogP contribution in [0.1, 0.15) is 35.2 Å². The van der Waals surface area contributed by atoms with Crippen LogP contribution in [0.4, 0.5) is 5.00 Å². The first-order valence-electron chi connectivity index (χ1n) is 8.88. The van der Waals surface area contributed by atoms with E-state index >= 15 is 0 Å². The number of nitrogens with one attached hydrogen (secondary N) is 1. The maximum absolute atomic E-state index is 13.2. The summed E-state index contributed by atoms with van der Waals surface area (Å²) < 4.78 is 4.91. The fourth-order valence-corrected chi connectivity index (χ4v) is 4.49. The van der Waals surface area contributed by atoms with Gasteiger partial charge in [-0.05, 0) is 37.3 Å². The Morgan fingerprint density at radius 2 is 1.85 bits per heavy atom. The molecule has 0 bridgehead atoms. The first kappa shape index (κ1) is 18.6. The Kier molecular flexibility index (Phi) is 6.06. The van der Waals surface area contributed by atoms with Gasteiger partial charge in [-0.25, -0.2) is 0 Å². The van der Waals surface area contributed by atoms with Crippen LogP contribution in [0.15, 0.2) is 30.3 Å². The number of hydrogen-bond acceptors (Lipinski definition) is 4. The molecule has 2 heterocycles. The van der Waals surface area contributed by atoms with Crippen molar-refractivity contribution in [3.05, 3.63) is 41.5 Å². The Bertz CT molecular complexity index is 780. The molecule has 1 aliphatic heterocycles. The van der Waals surface area contributed by atoms with Gasteiger partial charge in [0.2, 0.25) is 0 Å². The number of likely N-dealkylation sites (tertiary alicyclic amines) is 1. The second-order valence-corrected chi connectivity index (χ2v) is 7.48. The molecule has 1 aromatic carbocycles. The van der Waals surface area contributed by atoms with E-state index in [0.29, 0.717) is 10.6 Å². The molecule has 0 saturated carbocycles. The lowest BCUT2D eigenvalue weighted by Crippen LogP contribution is -2.36. The Morgan fingerprint density at radius 3 is 2.50 bits per heavy atom. The van der Waals surface area contributed by atoms with Crippen LogP contribution >= 0.6 is 11.3 Å². The number of amides is 2. The highest BCUT2D eigenvalue weighted by atomic mass is 32.1. The lowest BCUT2D eigenvalue weighted by molar-refractivity contribution is -0.119. The van der Waals surface area contributed by atoms with Gasteiger partial charge in [0.25, 0.3) is 11.8 Å². The molecule has 2 aromatic rings. The number of methoxy groups -OCH3 is 1. The molecule has 138 valence electrons. The van der Waals surface area contributed by atoms with Gasteiger partial charge < -0.3 is 15.0 Å². The summed E-state index contributed by atoms with van der Waals surface area (Å²) in [6.45, 7) is 3.48. The van der Waals surface area contributed by atoms with Crippen molar-refractivity contribution in [2.24, 2.45) is 0 Å². The van der Waals surface area contributed by atoms with Gasteiger partial charge in [0.15, 0.2) is 0 Å². The monoisotopic (exact) mass is 372 g/mol. The molecule has 0 aliphatic carbocycles. The summed E-state index contributed by atoms with van der Waals surface area (Å²) in [7, 11) is 1.48. The molecule has 1 fully saturated rings. The van der Waals surface area contributed by atoms with E-state index in [9.17, 15) is 9.59 Å². The molecule has 0 atom stereocenters. The van der Waals surface area contributed by atoms with Gasteiger partial charge in [-0.15, -0.1) is 11.3 Å². The number of piperidine rings is 1. The van der Waals surface area contributed by atoms with Crippen LogP contribution in [-0.4, -0.2) is 43.5 Å². The van der Waals surface area contributed by atoms with E-state index in [1.165, 1.54) is 24.9 Å². The summed E-state index contributed by atoms with van der Waals surface area (Å²) in [5.41, 5.74) is 2.58. The normalized spacial score (nSPS) is 14.3. The minimum Gasteiger partial charge on any atom is -0.375 e. The summed E-state index contributed by atoms with van der Waals surface area (Å²) in [5.74, 6) is -0.241. The summed E-state index contributed by atoms with van der Waals surface area (Å²) in [6, 6.07) is 9.96. The number of hydrogen-bond donors (Lipinski definition) is 1. The number of benzene rings is 1. The summed E-state index contributed by atoms with van der Waals surface area (Å²) in [5, 5.41) is 3.48. The third-order valence-corrected chi connectivity index (χ3v) is 5.82. The van der Waals surface area contributed by atoms with Gasteiger partial charge in [-0.2, -0.15) is 0 Å². The average Bonchev–Trinajstić information content (AvgIpc) is 2.98. The van der Waals surface area contributed by atoms with Crippen LogP contribution in [0.25, 0.3) is 10.4 Å². The highest BCUT2D eigenvalue weighted by Crippen LogP contribution is 2.40. The number of carbonyl (C=O) groups excluding carboxylic acids is 2. The molecule has 2 amide bonds. The largest absolute Gasteiger partial charge is 0.375 e. The molecule has 26 heavy (non-hydrogen) atoms. The van der Waals surface area contributed by atoms with Gasteiger partial charge in [-0.3, -0.25) is 9.59 Å². The summed E-state index contributed by atoms with van der Waals surface area (Å²) >= 11 is 1.45. The van der Waals surface area contributed by atoms with Crippen molar-refractivity contribution in [1.82, 2.24) is 4.90 Å². The van der Waals surface area contributed by atoms with Gasteiger partial charge in [0, 0.05) is 25.1 Å². The third kappa shape index (κ3) is 3.97. The Balaban J connectivity index is 2.00. The Hall–Kier alpha value is -2.18. The van der Waals surface area contributed by atoms with Crippen LogP contribution in [-0.2, 0) is 9.53 Å². The van der Waals surface area contributed by atoms with E-state index in [0.717, 1.165) is 41.9 Å². The van der Waals surface area contributed by atoms with Crippen LogP contribution in [0.3, 0.4) is 0 Å². The Morgan fingerprint density at radius 1 is 1.15 bits per heavy atom. The first-order valence-corrected chi connectivity index (χ1v) is 9.70. The zero-order valence-corrected chi connectivity index (χ0v) is 16.0. The molecule has 0 radical (unpaired) electrons. The van der Waals surface area contributed by atoms with Crippen molar-refractivity contribution in [2.45, 2.75) is 26.2 Å². The van der Waals surface area contributed by atoms with Crippen molar-refractivity contribution in [2.75, 3.05) is 32.1 Å². The number of rotatable bonds is 5. The number of thiophene rings is 1. The summed E-state index contributed by atoms with van der Waals surface area (Å²) in [4.78, 5) is 28.2. The standard InChI is InChI=1S/C20H24N2O3S/c1-14-17(20(24)22-11-7-4-8-12-22)19(21-16(23)13-25-2)26-18(14)15-9-5-3-6-10-15/h3,5-6,9-10H,4,7-8,11-13H2,1-2H3,(H,21,23). The lowest BCUT2D eigenvalue weighted by atomic mass is 10.0. The van der Waals surface area contributed by atoms with E-state index < -0.39 is 0 Å². The second-order valence-electron chi connectivity index (χ2n) is 6.46. The average molecular weight is 372 g/mol. The van der Waals surface area contributed by atoms with E-state index in [2.05, 4.69) is 5.32 Å². The third-order valence-electron chi connectivity index (χ3n) is 4.57. The number of ether oxygens (including phenoxy) is 1. The highest BCUT2D eigenvalue weighted by Gasteiger charge is 2.27. The highest BCUT2D eigenvalue weighted by molar-refractivity contribution is 7.20. The molecule has 5 nitrogen and oxygen atoms in total. The van der Waals surface area contributed by atoms with Crippen LogP contribution in [0.5, 0.6) is 0 Å². The van der Waals surface area contributed by atoms with Crippen molar-refractivity contribution < 1.29 is 14.3 Å². The molecule has 0 spiro atoms. The van der Waals surface area contributed by atoms with Crippen molar-refractivity contribution >= 4 is 28.2 Å². The number of carbonyl (C=O) groups is 2. The second kappa shape index (κ2) is 8.47. The zero-order valence-electron chi connectivity index (χ0n) is 15.2. The van der Waals surface area contributed by atoms with Crippen LogP contribution in [0.2, 0.25) is 0 Å². The van der Waals surface area contributed by atoms with Crippen molar-refractivity contribution in [3.8, 4) is 10.4 Å². The molecular weight excluding hydrogens is 348 g/mol. The minimum atomic E-state index is -0.249. The van der Waals surface area contributed by atoms with Crippen molar-refractivity contribution in [1.29, 1.82) is 0 Å². The fraction of sp³-hybridized carbons (Fsp3) is 0.400. The zero-order chi connectivity index (χ0) is 18.5. The topological polar surface area (TPSA) is 58.6 Å². The van der Waals surface area contributed by atoms with Crippen molar-refractivity contribution in [3.63, 3.8) is 0 Å². The molecule has 6 heteroatoms. The van der Waals surface area contributed by atoms with E-state index in [1.807, 2.05) is 42.2 Å². The molecule has 3 rings (SSSR count). The van der Waals surface area contributed by atoms with E-state index in [1.54, 1.807) is 0 Å². The smallest absolute Gasteiger partial charge is 0.257 e. The SMILES string of the molecule is COCC(=O)Nc1sc(-c2ccccc2)c(C)c1C(=O)N1CCCCC1. The van der Waals surface area contributed by atoms with E-state index in [4.69, 9.17) is 4.74 Å². The van der Waals surface area contributed by atoms with Crippen LogP contribution < -0.4 is 5.32 Å². The van der Waals surface area contributed by atoms with Gasteiger partial charge >= 0.3 is 0 Å². The molecule has 1 N–H and O–H groups in total. The van der Waals surface area contributed by atoms with E-state index in [-0.39, 0.29) is 18.4 Å². The lowest BCUT2D eigenvalue weighted by Gasteiger charge is -2.27. The minimum absolute atomic E-state index is 0.00773. The molecule has 0 unspecified atom stereocenters. The number of nitrogens with zero attached hydrogens (tertiary/aromatic N) is 1. The Labute approximate surface area is 158 Å². The van der Waals surface area contributed by atoms with Crippen LogP contribution in [0, 0.1) is 6.92 Å². The predicted molar refractivity (Wildman–Crippen MR) is 105 cm³/mol. The van der Waals surface area contributed by atoms with Gasteiger partial charge in [0.1, 0.15) is 11.6 Å². The quantitative estimate of drug-likeness (QED) is 0.865. The maximum atomic E-state index is 13.2. The molecule has 1 aromatic heterocycles. The first-order chi connectivity index (χ1) is 12.6. The molecule has 1 aliphatic rings. The fourth-order valence-electron chi connectivity index (χ4n) is 3.27. The van der Waals surface area contributed by atoms with Gasteiger partial charge in [0.05, 0.1) is 5.56 Å². The number of anilines is 1.